The fourth-order valence-electron chi connectivity index (χ4n) is 2.18. The normalized spacial score (nSPS) is 22.9. The fraction of sp³-hybridized carbons (Fsp3) is 0.545. The summed E-state index contributed by atoms with van der Waals surface area (Å²) in [5.74, 6) is 1.50. The molecule has 6 nitrogen and oxygen atoms in total. The molecule has 17 heavy (non-hydrogen) atoms. The number of nitrogens with one attached hydrogen (secondary N) is 2. The van der Waals surface area contributed by atoms with Gasteiger partial charge in [-0.3, -0.25) is 0 Å². The zero-order valence-electron chi connectivity index (χ0n) is 9.68. The first kappa shape index (κ1) is 10.3. The van der Waals surface area contributed by atoms with Gasteiger partial charge in [0.2, 0.25) is 0 Å². The van der Waals surface area contributed by atoms with Gasteiger partial charge in [0.25, 0.3) is 0 Å². The van der Waals surface area contributed by atoms with Crippen LogP contribution >= 0.6 is 0 Å². The molecule has 0 amide bonds. The fourth-order valence-corrected chi connectivity index (χ4v) is 2.18. The summed E-state index contributed by atoms with van der Waals surface area (Å²) in [6.45, 7) is 2.20. The summed E-state index contributed by atoms with van der Waals surface area (Å²) < 4.78 is 1.28. The molecule has 1 aliphatic rings. The van der Waals surface area contributed by atoms with Gasteiger partial charge in [0.15, 0.2) is 5.65 Å². The molecule has 2 aromatic heterocycles. The van der Waals surface area contributed by atoms with E-state index < -0.39 is 0 Å². The second-order valence-electron chi connectivity index (χ2n) is 4.55. The first-order valence-corrected chi connectivity index (χ1v) is 5.99. The molecule has 3 rings (SSSR count). The highest BCUT2D eigenvalue weighted by Crippen LogP contribution is 2.36. The lowest BCUT2D eigenvalue weighted by molar-refractivity contribution is 0.691. The number of hydrogen-bond acceptors (Lipinski definition) is 4. The van der Waals surface area contributed by atoms with E-state index >= 15 is 0 Å². The molecule has 6 heteroatoms. The number of aromatic amines is 1. The Hall–Kier alpha value is -1.85. The van der Waals surface area contributed by atoms with Crippen LogP contribution in [0.25, 0.3) is 5.65 Å². The molecule has 0 spiro atoms. The molecule has 0 bridgehead atoms. The Balaban J connectivity index is 1.78. The zero-order chi connectivity index (χ0) is 11.8. The maximum absolute atomic E-state index is 11.4. The lowest BCUT2D eigenvalue weighted by atomic mass is 10.2. The van der Waals surface area contributed by atoms with Crippen molar-refractivity contribution in [2.75, 3.05) is 5.32 Å². The van der Waals surface area contributed by atoms with Crippen LogP contribution in [0, 0.1) is 5.92 Å². The lowest BCUT2D eigenvalue weighted by Gasteiger charge is -2.03. The summed E-state index contributed by atoms with van der Waals surface area (Å²) in [6, 6.07) is 4.16. The predicted molar refractivity (Wildman–Crippen MR) is 64.0 cm³/mol. The first-order valence-electron chi connectivity index (χ1n) is 5.99. The minimum Gasteiger partial charge on any atom is -0.366 e. The quantitative estimate of drug-likeness (QED) is 0.826. The van der Waals surface area contributed by atoms with Crippen molar-refractivity contribution in [3.05, 3.63) is 22.6 Å². The maximum Gasteiger partial charge on any atom is 0.364 e. The molecule has 2 aromatic rings. The number of hydrogen-bond donors (Lipinski definition) is 2. The Bertz CT molecular complexity index is 587. The molecule has 2 unspecified atom stereocenters. The topological polar surface area (TPSA) is 75.1 Å². The van der Waals surface area contributed by atoms with Gasteiger partial charge in [-0.25, -0.2) is 9.89 Å². The van der Waals surface area contributed by atoms with E-state index in [1.165, 1.54) is 23.8 Å². The standard InChI is InChI=1S/C11H15N5O/c1-2-3-7-6-8(7)12-9-4-5-10-13-14-11(17)16(10)15-9/h4-5,7-8H,2-3,6H2,1H3,(H,12,15)(H,14,17). The Kier molecular flexibility index (Phi) is 2.35. The van der Waals surface area contributed by atoms with Crippen LogP contribution in [-0.4, -0.2) is 25.9 Å². The first-order chi connectivity index (χ1) is 8.28. The molecule has 2 atom stereocenters. The van der Waals surface area contributed by atoms with Crippen molar-refractivity contribution in [2.24, 2.45) is 5.92 Å². The van der Waals surface area contributed by atoms with Crippen molar-refractivity contribution in [1.82, 2.24) is 19.8 Å². The van der Waals surface area contributed by atoms with E-state index in [-0.39, 0.29) is 5.69 Å². The van der Waals surface area contributed by atoms with Crippen LogP contribution in [0.2, 0.25) is 0 Å². The third kappa shape index (κ3) is 1.90. The minimum absolute atomic E-state index is 0.301. The van der Waals surface area contributed by atoms with Crippen molar-refractivity contribution < 1.29 is 0 Å². The van der Waals surface area contributed by atoms with Gasteiger partial charge in [0.05, 0.1) is 0 Å². The highest BCUT2D eigenvalue weighted by molar-refractivity contribution is 5.44. The number of nitrogens with zero attached hydrogens (tertiary/aromatic N) is 3. The Labute approximate surface area is 98.0 Å². The van der Waals surface area contributed by atoms with E-state index in [0.29, 0.717) is 11.7 Å². The largest absolute Gasteiger partial charge is 0.366 e. The molecule has 1 fully saturated rings. The summed E-state index contributed by atoms with van der Waals surface area (Å²) in [7, 11) is 0. The van der Waals surface area contributed by atoms with Crippen LogP contribution in [0.15, 0.2) is 16.9 Å². The van der Waals surface area contributed by atoms with Crippen LogP contribution in [0.5, 0.6) is 0 Å². The summed E-state index contributed by atoms with van der Waals surface area (Å²) in [5.41, 5.74) is 0.242. The van der Waals surface area contributed by atoms with Gasteiger partial charge in [0.1, 0.15) is 5.82 Å². The highest BCUT2D eigenvalue weighted by atomic mass is 16.2. The van der Waals surface area contributed by atoms with E-state index in [0.717, 1.165) is 11.7 Å². The summed E-state index contributed by atoms with van der Waals surface area (Å²) in [4.78, 5) is 11.4. The minimum atomic E-state index is -0.301. The Morgan fingerprint density at radius 2 is 2.47 bits per heavy atom. The maximum atomic E-state index is 11.4. The summed E-state index contributed by atoms with van der Waals surface area (Å²) in [5, 5.41) is 13.8. The number of fused-ring (bicyclic) bond motifs is 1. The van der Waals surface area contributed by atoms with Crippen molar-refractivity contribution in [3.63, 3.8) is 0 Å². The third-order valence-corrected chi connectivity index (χ3v) is 3.19. The molecule has 2 N–H and O–H groups in total. The van der Waals surface area contributed by atoms with Gasteiger partial charge >= 0.3 is 5.69 Å². The van der Waals surface area contributed by atoms with E-state index in [1.54, 1.807) is 6.07 Å². The van der Waals surface area contributed by atoms with Crippen LogP contribution in [0.4, 0.5) is 5.82 Å². The molecule has 90 valence electrons. The monoisotopic (exact) mass is 233 g/mol. The van der Waals surface area contributed by atoms with E-state index in [2.05, 4.69) is 27.5 Å². The van der Waals surface area contributed by atoms with E-state index in [9.17, 15) is 4.79 Å². The van der Waals surface area contributed by atoms with Gasteiger partial charge < -0.3 is 5.32 Å². The number of rotatable bonds is 4. The highest BCUT2D eigenvalue weighted by Gasteiger charge is 2.36. The predicted octanol–water partition coefficient (Wildman–Crippen LogP) is 1.02. The zero-order valence-corrected chi connectivity index (χ0v) is 9.68. The smallest absolute Gasteiger partial charge is 0.364 e. The van der Waals surface area contributed by atoms with Crippen molar-refractivity contribution >= 4 is 11.5 Å². The summed E-state index contributed by atoms with van der Waals surface area (Å²) >= 11 is 0. The SMILES string of the molecule is CCCC1CC1Nc1ccc2n[nH]c(=O)n2n1. The number of aromatic nitrogens is 4. The van der Waals surface area contributed by atoms with Crippen LogP contribution < -0.4 is 11.0 Å². The average Bonchev–Trinajstić information content (AvgIpc) is 2.94. The van der Waals surface area contributed by atoms with Crippen molar-refractivity contribution in [1.29, 1.82) is 0 Å². The van der Waals surface area contributed by atoms with Crippen LogP contribution in [0.3, 0.4) is 0 Å². The number of H-pyrrole nitrogens is 1. The van der Waals surface area contributed by atoms with E-state index in [1.807, 2.05) is 6.07 Å². The molecular weight excluding hydrogens is 218 g/mol. The molecule has 1 saturated carbocycles. The second-order valence-corrected chi connectivity index (χ2v) is 4.55. The Morgan fingerprint density at radius 3 is 3.29 bits per heavy atom. The Morgan fingerprint density at radius 1 is 1.59 bits per heavy atom. The van der Waals surface area contributed by atoms with E-state index in [4.69, 9.17) is 0 Å². The summed E-state index contributed by atoms with van der Waals surface area (Å²) in [6.07, 6.45) is 3.68. The molecule has 0 aliphatic heterocycles. The molecular formula is C11H15N5O. The third-order valence-electron chi connectivity index (χ3n) is 3.19. The van der Waals surface area contributed by atoms with Crippen LogP contribution in [0.1, 0.15) is 26.2 Å². The number of anilines is 1. The van der Waals surface area contributed by atoms with Gasteiger partial charge in [-0.2, -0.15) is 9.61 Å². The second kappa shape index (κ2) is 3.87. The molecule has 1 aliphatic carbocycles. The lowest BCUT2D eigenvalue weighted by Crippen LogP contribution is -2.15. The molecule has 0 aromatic carbocycles. The van der Waals surface area contributed by atoms with Crippen molar-refractivity contribution in [3.8, 4) is 0 Å². The molecule has 0 saturated heterocycles. The molecule has 2 heterocycles. The molecule has 0 radical (unpaired) electrons. The van der Waals surface area contributed by atoms with Gasteiger partial charge in [-0.05, 0) is 30.9 Å². The van der Waals surface area contributed by atoms with Crippen molar-refractivity contribution in [2.45, 2.75) is 32.2 Å². The van der Waals surface area contributed by atoms with Crippen LogP contribution in [-0.2, 0) is 0 Å². The average molecular weight is 233 g/mol. The van der Waals surface area contributed by atoms with Gasteiger partial charge in [0, 0.05) is 6.04 Å². The van der Waals surface area contributed by atoms with Gasteiger partial charge in [-0.1, -0.05) is 13.3 Å². The van der Waals surface area contributed by atoms with Gasteiger partial charge in [-0.15, -0.1) is 5.10 Å².